The smallest absolute Gasteiger partial charge is 0.0330 e. The van der Waals surface area contributed by atoms with Crippen LogP contribution in [0.4, 0.5) is 0 Å². The van der Waals surface area contributed by atoms with Gasteiger partial charge in [0.1, 0.15) is 0 Å². The van der Waals surface area contributed by atoms with E-state index in [1.54, 1.807) is 0 Å². The summed E-state index contributed by atoms with van der Waals surface area (Å²) in [6.45, 7) is 6.10. The standard InChI is InChI=1S/C17H27BrN2/c1-3-5-14-8-10-20(13-14)11-9-17(19-2)15-6-4-7-16(18)12-15/h4,6-7,12,14,17,19H,3,5,8-11,13H2,1-2H3. The Morgan fingerprint density at radius 2 is 2.30 bits per heavy atom. The molecule has 2 nitrogen and oxygen atoms in total. The van der Waals surface area contributed by atoms with Crippen molar-refractivity contribution in [2.75, 3.05) is 26.7 Å². The van der Waals surface area contributed by atoms with Crippen LogP contribution in [0.25, 0.3) is 0 Å². The van der Waals surface area contributed by atoms with Gasteiger partial charge in [0.2, 0.25) is 0 Å². The molecule has 20 heavy (non-hydrogen) atoms. The van der Waals surface area contributed by atoms with Crippen molar-refractivity contribution in [2.24, 2.45) is 5.92 Å². The van der Waals surface area contributed by atoms with E-state index < -0.39 is 0 Å². The molecule has 1 heterocycles. The predicted octanol–water partition coefficient (Wildman–Crippen LogP) is 4.22. The molecule has 1 saturated heterocycles. The first-order valence-electron chi connectivity index (χ1n) is 7.88. The topological polar surface area (TPSA) is 15.3 Å². The van der Waals surface area contributed by atoms with E-state index in [0.717, 1.165) is 5.92 Å². The summed E-state index contributed by atoms with van der Waals surface area (Å²) in [4.78, 5) is 2.64. The highest BCUT2D eigenvalue weighted by Gasteiger charge is 2.22. The van der Waals surface area contributed by atoms with Crippen molar-refractivity contribution in [3.63, 3.8) is 0 Å². The maximum absolute atomic E-state index is 3.56. The Bertz CT molecular complexity index is 408. The molecule has 2 rings (SSSR count). The third-order valence-corrected chi connectivity index (χ3v) is 4.89. The number of nitrogens with zero attached hydrogens (tertiary/aromatic N) is 1. The van der Waals surface area contributed by atoms with Gasteiger partial charge in [0.05, 0.1) is 0 Å². The summed E-state index contributed by atoms with van der Waals surface area (Å²) < 4.78 is 1.17. The quantitative estimate of drug-likeness (QED) is 0.800. The van der Waals surface area contributed by atoms with Crippen LogP contribution in [0.15, 0.2) is 28.7 Å². The zero-order valence-electron chi connectivity index (χ0n) is 12.7. The van der Waals surface area contributed by atoms with Crippen molar-refractivity contribution < 1.29 is 0 Å². The van der Waals surface area contributed by atoms with Gasteiger partial charge >= 0.3 is 0 Å². The Kier molecular flexibility index (Phi) is 6.53. The molecule has 1 fully saturated rings. The van der Waals surface area contributed by atoms with E-state index in [2.05, 4.69) is 64.4 Å². The molecule has 112 valence electrons. The van der Waals surface area contributed by atoms with E-state index in [-0.39, 0.29) is 0 Å². The van der Waals surface area contributed by atoms with Crippen molar-refractivity contribution in [2.45, 2.75) is 38.6 Å². The third kappa shape index (κ3) is 4.57. The monoisotopic (exact) mass is 338 g/mol. The van der Waals surface area contributed by atoms with E-state index >= 15 is 0 Å². The Hall–Kier alpha value is -0.380. The van der Waals surface area contributed by atoms with Crippen LogP contribution < -0.4 is 5.32 Å². The molecular formula is C17H27BrN2. The zero-order valence-corrected chi connectivity index (χ0v) is 14.3. The number of hydrogen-bond acceptors (Lipinski definition) is 2. The second-order valence-electron chi connectivity index (χ2n) is 5.93. The summed E-state index contributed by atoms with van der Waals surface area (Å²) in [6, 6.07) is 9.11. The maximum atomic E-state index is 3.56. The lowest BCUT2D eigenvalue weighted by atomic mass is 10.0. The van der Waals surface area contributed by atoms with Crippen LogP contribution in [0.5, 0.6) is 0 Å². The Labute approximate surface area is 132 Å². The fourth-order valence-electron chi connectivity index (χ4n) is 3.27. The number of rotatable bonds is 7. The minimum atomic E-state index is 0.456. The van der Waals surface area contributed by atoms with E-state index in [0.29, 0.717) is 6.04 Å². The summed E-state index contributed by atoms with van der Waals surface area (Å²) in [5, 5.41) is 3.46. The first-order chi connectivity index (χ1) is 9.72. The summed E-state index contributed by atoms with van der Waals surface area (Å²) in [7, 11) is 2.06. The molecule has 1 aromatic carbocycles. The maximum Gasteiger partial charge on any atom is 0.0330 e. The Balaban J connectivity index is 1.83. The summed E-state index contributed by atoms with van der Waals surface area (Å²) in [5.41, 5.74) is 1.38. The van der Waals surface area contributed by atoms with Crippen molar-refractivity contribution in [1.82, 2.24) is 10.2 Å². The SMILES string of the molecule is CCCC1CCN(CCC(NC)c2cccc(Br)c2)C1. The number of halogens is 1. The average molecular weight is 339 g/mol. The van der Waals surface area contributed by atoms with Gasteiger partial charge in [0, 0.05) is 17.1 Å². The van der Waals surface area contributed by atoms with Gasteiger partial charge in [-0.15, -0.1) is 0 Å². The van der Waals surface area contributed by atoms with Crippen LogP contribution in [0.2, 0.25) is 0 Å². The lowest BCUT2D eigenvalue weighted by Gasteiger charge is -2.21. The predicted molar refractivity (Wildman–Crippen MR) is 90.0 cm³/mol. The van der Waals surface area contributed by atoms with E-state index in [9.17, 15) is 0 Å². The van der Waals surface area contributed by atoms with Crippen molar-refractivity contribution in [3.05, 3.63) is 34.3 Å². The normalized spacial score (nSPS) is 21.2. The number of likely N-dealkylation sites (tertiary alicyclic amines) is 1. The second-order valence-corrected chi connectivity index (χ2v) is 6.84. The number of benzene rings is 1. The molecule has 0 radical (unpaired) electrons. The minimum absolute atomic E-state index is 0.456. The molecule has 0 saturated carbocycles. The molecule has 0 aromatic heterocycles. The molecule has 1 aliphatic heterocycles. The number of hydrogen-bond donors (Lipinski definition) is 1. The second kappa shape index (κ2) is 8.16. The van der Waals surface area contributed by atoms with Crippen molar-refractivity contribution in [3.8, 4) is 0 Å². The van der Waals surface area contributed by atoms with Gasteiger partial charge in [-0.25, -0.2) is 0 Å². The highest BCUT2D eigenvalue weighted by atomic mass is 79.9. The first-order valence-corrected chi connectivity index (χ1v) is 8.67. The summed E-state index contributed by atoms with van der Waals surface area (Å²) in [5.74, 6) is 0.943. The van der Waals surface area contributed by atoms with Crippen LogP contribution in [0.1, 0.15) is 44.2 Å². The zero-order chi connectivity index (χ0) is 14.4. The highest BCUT2D eigenvalue weighted by molar-refractivity contribution is 9.10. The van der Waals surface area contributed by atoms with Crippen LogP contribution in [0, 0.1) is 5.92 Å². The van der Waals surface area contributed by atoms with Crippen LogP contribution in [-0.4, -0.2) is 31.6 Å². The fraction of sp³-hybridized carbons (Fsp3) is 0.647. The molecule has 1 aromatic rings. The van der Waals surface area contributed by atoms with Gasteiger partial charge in [-0.1, -0.05) is 41.4 Å². The summed E-state index contributed by atoms with van der Waals surface area (Å²) in [6.07, 6.45) is 5.31. The first kappa shape index (κ1) is 16.0. The minimum Gasteiger partial charge on any atom is -0.313 e. The van der Waals surface area contributed by atoms with E-state index in [1.165, 1.54) is 55.4 Å². The van der Waals surface area contributed by atoms with Crippen LogP contribution >= 0.6 is 15.9 Å². The molecule has 2 atom stereocenters. The molecule has 2 unspecified atom stereocenters. The van der Waals surface area contributed by atoms with Crippen molar-refractivity contribution >= 4 is 15.9 Å². The van der Waals surface area contributed by atoms with E-state index in [1.807, 2.05) is 0 Å². The highest BCUT2D eigenvalue weighted by Crippen LogP contribution is 2.24. The number of nitrogens with one attached hydrogen (secondary N) is 1. The third-order valence-electron chi connectivity index (χ3n) is 4.40. The molecule has 3 heteroatoms. The largest absolute Gasteiger partial charge is 0.313 e. The average Bonchev–Trinajstić information content (AvgIpc) is 2.88. The lowest BCUT2D eigenvalue weighted by Crippen LogP contribution is -2.27. The van der Waals surface area contributed by atoms with Crippen LogP contribution in [-0.2, 0) is 0 Å². The fourth-order valence-corrected chi connectivity index (χ4v) is 3.69. The van der Waals surface area contributed by atoms with Gasteiger partial charge in [0.25, 0.3) is 0 Å². The molecule has 0 spiro atoms. The van der Waals surface area contributed by atoms with Crippen molar-refractivity contribution in [1.29, 1.82) is 0 Å². The Morgan fingerprint density at radius 3 is 3.00 bits per heavy atom. The molecule has 0 aliphatic carbocycles. The van der Waals surface area contributed by atoms with Gasteiger partial charge < -0.3 is 10.2 Å². The van der Waals surface area contributed by atoms with Gasteiger partial charge in [-0.2, -0.15) is 0 Å². The van der Waals surface area contributed by atoms with Gasteiger partial charge in [0.15, 0.2) is 0 Å². The van der Waals surface area contributed by atoms with E-state index in [4.69, 9.17) is 0 Å². The molecule has 1 aliphatic rings. The molecule has 0 amide bonds. The lowest BCUT2D eigenvalue weighted by molar-refractivity contribution is 0.299. The van der Waals surface area contributed by atoms with Crippen LogP contribution in [0.3, 0.4) is 0 Å². The molecule has 0 bridgehead atoms. The van der Waals surface area contributed by atoms with Gasteiger partial charge in [-0.3, -0.25) is 0 Å². The Morgan fingerprint density at radius 1 is 1.45 bits per heavy atom. The molecular weight excluding hydrogens is 312 g/mol. The summed E-state index contributed by atoms with van der Waals surface area (Å²) >= 11 is 3.56. The van der Waals surface area contributed by atoms with Gasteiger partial charge in [-0.05, 0) is 63.0 Å². The molecule has 1 N–H and O–H groups in total.